The van der Waals surface area contributed by atoms with Crippen molar-refractivity contribution >= 4 is 0 Å². The third-order valence-electron chi connectivity index (χ3n) is 5.27. The first-order chi connectivity index (χ1) is 8.86. The van der Waals surface area contributed by atoms with E-state index < -0.39 is 0 Å². The number of hydrogen-bond acceptors (Lipinski definition) is 3. The number of rotatable bonds is 2. The van der Waals surface area contributed by atoms with Crippen LogP contribution in [0.5, 0.6) is 0 Å². The molecular formula is C15H25N3. The maximum Gasteiger partial charge on any atom is 0.0672 e. The van der Waals surface area contributed by atoms with Crippen molar-refractivity contribution in [2.24, 2.45) is 11.8 Å². The fourth-order valence-corrected chi connectivity index (χ4v) is 4.09. The van der Waals surface area contributed by atoms with Gasteiger partial charge in [0.2, 0.25) is 0 Å². The van der Waals surface area contributed by atoms with Gasteiger partial charge in [0.15, 0.2) is 0 Å². The van der Waals surface area contributed by atoms with E-state index in [0.717, 1.165) is 12.3 Å². The van der Waals surface area contributed by atoms with Crippen LogP contribution in [0.4, 0.5) is 0 Å². The topological polar surface area (TPSA) is 39.1 Å². The maximum atomic E-state index is 9.35. The third kappa shape index (κ3) is 2.55. The molecule has 3 nitrogen and oxygen atoms in total. The Kier molecular flexibility index (Phi) is 3.86. The molecule has 0 aromatic rings. The van der Waals surface area contributed by atoms with Gasteiger partial charge in [-0.2, -0.15) is 5.26 Å². The molecule has 3 heterocycles. The van der Waals surface area contributed by atoms with E-state index in [9.17, 15) is 5.26 Å². The highest BCUT2D eigenvalue weighted by atomic mass is 15.2. The lowest BCUT2D eigenvalue weighted by molar-refractivity contribution is 0.0636. The Morgan fingerprint density at radius 2 is 1.72 bits per heavy atom. The molecule has 3 unspecified atom stereocenters. The molecule has 0 radical (unpaired) electrons. The Morgan fingerprint density at radius 3 is 2.39 bits per heavy atom. The van der Waals surface area contributed by atoms with Gasteiger partial charge in [-0.05, 0) is 44.7 Å². The van der Waals surface area contributed by atoms with Crippen molar-refractivity contribution in [3.63, 3.8) is 0 Å². The summed E-state index contributed by atoms with van der Waals surface area (Å²) in [6, 6.07) is 3.67. The van der Waals surface area contributed by atoms with Gasteiger partial charge in [0, 0.05) is 18.6 Å². The van der Waals surface area contributed by atoms with Gasteiger partial charge in [-0.3, -0.25) is 0 Å². The molecule has 3 atom stereocenters. The number of nitrogens with zero attached hydrogens (tertiary/aromatic N) is 2. The smallest absolute Gasteiger partial charge is 0.0672 e. The minimum absolute atomic E-state index is 0.253. The van der Waals surface area contributed by atoms with Crippen molar-refractivity contribution in [3.8, 4) is 6.07 Å². The Bertz CT molecular complexity index is 314. The van der Waals surface area contributed by atoms with Crippen molar-refractivity contribution in [1.82, 2.24) is 10.2 Å². The highest BCUT2D eigenvalue weighted by Gasteiger charge is 2.36. The predicted octanol–water partition coefficient (Wildman–Crippen LogP) is 2.14. The van der Waals surface area contributed by atoms with Crippen molar-refractivity contribution in [1.29, 1.82) is 5.26 Å². The van der Waals surface area contributed by atoms with Gasteiger partial charge >= 0.3 is 0 Å². The lowest BCUT2D eigenvalue weighted by Crippen LogP contribution is -2.58. The number of piperidine rings is 3. The summed E-state index contributed by atoms with van der Waals surface area (Å²) in [6.45, 7) is 3.82. The number of hydrogen-bond donors (Lipinski definition) is 1. The van der Waals surface area contributed by atoms with Crippen LogP contribution >= 0.6 is 0 Å². The van der Waals surface area contributed by atoms with Crippen LogP contribution in [0, 0.1) is 23.2 Å². The fourth-order valence-electron chi connectivity index (χ4n) is 4.09. The van der Waals surface area contributed by atoms with Crippen molar-refractivity contribution in [2.45, 2.75) is 57.0 Å². The van der Waals surface area contributed by atoms with Crippen LogP contribution in [0.1, 0.15) is 44.9 Å². The van der Waals surface area contributed by atoms with Crippen LogP contribution in [0.25, 0.3) is 0 Å². The van der Waals surface area contributed by atoms with Gasteiger partial charge in [-0.25, -0.2) is 0 Å². The quantitative estimate of drug-likeness (QED) is 0.760. The molecular weight excluding hydrogens is 222 g/mol. The van der Waals surface area contributed by atoms with Crippen LogP contribution in [0.3, 0.4) is 0 Å². The molecule has 0 aromatic carbocycles. The standard InChI is InChI=1S/C15H25N3/c16-10-13-4-2-1-3-5-14(13)17-15-11-18-8-6-12(15)7-9-18/h12-15,17H,1-9,11H2. The molecule has 4 fully saturated rings. The van der Waals surface area contributed by atoms with Gasteiger partial charge < -0.3 is 10.2 Å². The number of nitrogens with one attached hydrogen (secondary N) is 1. The Morgan fingerprint density at radius 1 is 0.944 bits per heavy atom. The van der Waals surface area contributed by atoms with E-state index in [1.807, 2.05) is 0 Å². The van der Waals surface area contributed by atoms with Crippen LogP contribution in [0.2, 0.25) is 0 Å². The first-order valence-electron chi connectivity index (χ1n) is 7.75. The second-order valence-corrected chi connectivity index (χ2v) is 6.39. The van der Waals surface area contributed by atoms with Gasteiger partial charge in [0.1, 0.15) is 0 Å². The Hall–Kier alpha value is -0.590. The van der Waals surface area contributed by atoms with E-state index in [2.05, 4.69) is 16.3 Å². The normalized spacial score (nSPS) is 44.3. The van der Waals surface area contributed by atoms with E-state index in [-0.39, 0.29) is 5.92 Å². The summed E-state index contributed by atoms with van der Waals surface area (Å²) >= 11 is 0. The number of nitriles is 1. The highest BCUT2D eigenvalue weighted by Crippen LogP contribution is 2.30. The largest absolute Gasteiger partial charge is 0.308 e. The summed E-state index contributed by atoms with van der Waals surface area (Å²) in [5, 5.41) is 13.2. The minimum atomic E-state index is 0.253. The molecule has 0 aromatic heterocycles. The molecule has 100 valence electrons. The molecule has 0 spiro atoms. The van der Waals surface area contributed by atoms with Crippen molar-refractivity contribution in [3.05, 3.63) is 0 Å². The molecule has 3 heteroatoms. The summed E-state index contributed by atoms with van der Waals surface area (Å²) in [7, 11) is 0. The predicted molar refractivity (Wildman–Crippen MR) is 72.1 cm³/mol. The van der Waals surface area contributed by atoms with Crippen molar-refractivity contribution in [2.75, 3.05) is 19.6 Å². The molecule has 1 aliphatic carbocycles. The van der Waals surface area contributed by atoms with Gasteiger partial charge in [0.25, 0.3) is 0 Å². The molecule has 3 aliphatic heterocycles. The van der Waals surface area contributed by atoms with Crippen LogP contribution in [0.15, 0.2) is 0 Å². The van der Waals surface area contributed by atoms with E-state index in [1.54, 1.807) is 0 Å². The number of fused-ring (bicyclic) bond motifs is 3. The zero-order valence-corrected chi connectivity index (χ0v) is 11.3. The first kappa shape index (κ1) is 12.4. The minimum Gasteiger partial charge on any atom is -0.308 e. The molecule has 18 heavy (non-hydrogen) atoms. The zero-order valence-electron chi connectivity index (χ0n) is 11.3. The lowest BCUT2D eigenvalue weighted by atomic mass is 9.82. The van der Waals surface area contributed by atoms with Gasteiger partial charge in [-0.1, -0.05) is 19.3 Å². The van der Waals surface area contributed by atoms with E-state index >= 15 is 0 Å². The summed E-state index contributed by atoms with van der Waals surface area (Å²) < 4.78 is 0. The van der Waals surface area contributed by atoms with Gasteiger partial charge in [-0.15, -0.1) is 0 Å². The first-order valence-corrected chi connectivity index (χ1v) is 7.75. The Labute approximate surface area is 111 Å². The molecule has 1 saturated carbocycles. The zero-order chi connectivity index (χ0) is 12.4. The summed E-state index contributed by atoms with van der Waals surface area (Å²) in [5.74, 6) is 1.13. The molecule has 3 saturated heterocycles. The maximum absolute atomic E-state index is 9.35. The lowest BCUT2D eigenvalue weighted by Gasteiger charge is -2.46. The average molecular weight is 247 g/mol. The Balaban J connectivity index is 1.62. The van der Waals surface area contributed by atoms with Crippen LogP contribution in [-0.4, -0.2) is 36.6 Å². The fraction of sp³-hybridized carbons (Fsp3) is 0.933. The van der Waals surface area contributed by atoms with Gasteiger partial charge in [0.05, 0.1) is 12.0 Å². The van der Waals surface area contributed by atoms with E-state index in [1.165, 1.54) is 58.2 Å². The summed E-state index contributed by atoms with van der Waals surface area (Å²) in [4.78, 5) is 2.59. The SMILES string of the molecule is N#CC1CCCCCC1NC1CN2CCC1CC2. The second-order valence-electron chi connectivity index (χ2n) is 6.39. The highest BCUT2D eigenvalue weighted by molar-refractivity contribution is 4.98. The monoisotopic (exact) mass is 247 g/mol. The van der Waals surface area contributed by atoms with Crippen molar-refractivity contribution < 1.29 is 0 Å². The molecule has 4 aliphatic rings. The molecule has 4 rings (SSSR count). The average Bonchev–Trinajstić information content (AvgIpc) is 2.65. The molecule has 0 amide bonds. The third-order valence-corrected chi connectivity index (χ3v) is 5.27. The van der Waals surface area contributed by atoms with E-state index in [4.69, 9.17) is 0 Å². The second kappa shape index (κ2) is 5.59. The van der Waals surface area contributed by atoms with Crippen LogP contribution < -0.4 is 5.32 Å². The van der Waals surface area contributed by atoms with E-state index in [0.29, 0.717) is 12.1 Å². The summed E-state index contributed by atoms with van der Waals surface area (Å²) in [6.07, 6.45) is 8.91. The molecule has 1 N–H and O–H groups in total. The molecule has 2 bridgehead atoms. The summed E-state index contributed by atoms with van der Waals surface area (Å²) in [5.41, 5.74) is 0. The van der Waals surface area contributed by atoms with Crippen LogP contribution in [-0.2, 0) is 0 Å².